The highest BCUT2D eigenvalue weighted by Crippen LogP contribution is 2.42. The molecule has 0 bridgehead atoms. The highest BCUT2D eigenvalue weighted by Gasteiger charge is 2.39. The molecule has 0 saturated carbocycles. The minimum absolute atomic E-state index is 0.0120. The van der Waals surface area contributed by atoms with E-state index in [9.17, 15) is 18.5 Å². The van der Waals surface area contributed by atoms with Gasteiger partial charge in [0.25, 0.3) is 5.69 Å². The number of nitro benzene ring substituents is 1. The Labute approximate surface area is 156 Å². The van der Waals surface area contributed by atoms with Crippen molar-refractivity contribution in [2.45, 2.75) is 37.6 Å². The van der Waals surface area contributed by atoms with Gasteiger partial charge in [0.1, 0.15) is 4.90 Å². The molecule has 26 heavy (non-hydrogen) atoms. The van der Waals surface area contributed by atoms with Gasteiger partial charge < -0.3 is 0 Å². The highest BCUT2D eigenvalue weighted by atomic mass is 32.2. The highest BCUT2D eigenvalue weighted by molar-refractivity contribution is 8.01. The Balaban J connectivity index is 1.99. The van der Waals surface area contributed by atoms with E-state index in [2.05, 4.69) is 5.10 Å². The average molecular weight is 396 g/mol. The second kappa shape index (κ2) is 7.01. The Morgan fingerprint density at radius 2 is 1.96 bits per heavy atom. The van der Waals surface area contributed by atoms with E-state index in [1.165, 1.54) is 28.2 Å². The summed E-state index contributed by atoms with van der Waals surface area (Å²) in [6.07, 6.45) is 0. The lowest BCUT2D eigenvalue weighted by Gasteiger charge is -2.23. The van der Waals surface area contributed by atoms with Gasteiger partial charge in [-0.05, 0) is 38.5 Å². The van der Waals surface area contributed by atoms with Crippen molar-refractivity contribution >= 4 is 27.5 Å². The summed E-state index contributed by atoms with van der Waals surface area (Å²) in [6, 6.07) is 6.06. The zero-order valence-corrected chi connectivity index (χ0v) is 16.4. The van der Waals surface area contributed by atoms with Gasteiger partial charge in [-0.25, -0.2) is 8.42 Å². The van der Waals surface area contributed by atoms with Crippen LogP contribution in [0.1, 0.15) is 29.2 Å². The van der Waals surface area contributed by atoms with E-state index in [4.69, 9.17) is 0 Å². The molecule has 1 atom stereocenters. The third-order valence-electron chi connectivity index (χ3n) is 4.42. The Morgan fingerprint density at radius 3 is 2.50 bits per heavy atom. The maximum Gasteiger partial charge on any atom is 0.269 e. The molecular formula is C16H20N4O4S2. The molecule has 3 rings (SSSR count). The SMILES string of the molecule is CCn1nc(C)c(S(=O)(=O)N2CCSC2c2ccc([N+](=O)[O-])cc2)c1C. The molecule has 2 heterocycles. The van der Waals surface area contributed by atoms with Gasteiger partial charge in [-0.15, -0.1) is 11.8 Å². The molecule has 1 unspecified atom stereocenters. The van der Waals surface area contributed by atoms with Crippen molar-refractivity contribution in [2.24, 2.45) is 0 Å². The van der Waals surface area contributed by atoms with Crippen LogP contribution in [0.5, 0.6) is 0 Å². The number of benzene rings is 1. The first-order valence-electron chi connectivity index (χ1n) is 8.19. The number of sulfonamides is 1. The topological polar surface area (TPSA) is 98.3 Å². The summed E-state index contributed by atoms with van der Waals surface area (Å²) in [5.74, 6) is 0.668. The molecule has 140 valence electrons. The van der Waals surface area contributed by atoms with Crippen LogP contribution in [0.3, 0.4) is 0 Å². The van der Waals surface area contributed by atoms with E-state index in [-0.39, 0.29) is 10.6 Å². The van der Waals surface area contributed by atoms with Crippen molar-refractivity contribution in [3.05, 3.63) is 51.3 Å². The lowest BCUT2D eigenvalue weighted by Crippen LogP contribution is -2.31. The summed E-state index contributed by atoms with van der Waals surface area (Å²) < 4.78 is 29.8. The lowest BCUT2D eigenvalue weighted by molar-refractivity contribution is -0.384. The molecular weight excluding hydrogens is 376 g/mol. The molecule has 0 N–H and O–H groups in total. The van der Waals surface area contributed by atoms with Gasteiger partial charge in [0.05, 0.1) is 21.7 Å². The van der Waals surface area contributed by atoms with Gasteiger partial charge in [0.15, 0.2) is 0 Å². The number of thioether (sulfide) groups is 1. The van der Waals surface area contributed by atoms with Gasteiger partial charge in [0.2, 0.25) is 10.0 Å². The minimum Gasteiger partial charge on any atom is -0.268 e. The van der Waals surface area contributed by atoms with Crippen LogP contribution in [-0.2, 0) is 16.6 Å². The molecule has 0 aliphatic carbocycles. The van der Waals surface area contributed by atoms with Crippen LogP contribution in [0.15, 0.2) is 29.2 Å². The van der Waals surface area contributed by atoms with Crippen LogP contribution in [-0.4, -0.2) is 39.7 Å². The molecule has 1 aliphatic heterocycles. The lowest BCUT2D eigenvalue weighted by atomic mass is 10.2. The van der Waals surface area contributed by atoms with Crippen LogP contribution in [0.2, 0.25) is 0 Å². The molecule has 8 nitrogen and oxygen atoms in total. The average Bonchev–Trinajstić information content (AvgIpc) is 3.20. The van der Waals surface area contributed by atoms with Crippen molar-refractivity contribution in [1.29, 1.82) is 0 Å². The van der Waals surface area contributed by atoms with Crippen molar-refractivity contribution in [3.63, 3.8) is 0 Å². The first-order valence-corrected chi connectivity index (χ1v) is 10.7. The van der Waals surface area contributed by atoms with E-state index in [0.29, 0.717) is 30.2 Å². The predicted octanol–water partition coefficient (Wildman–Crippen LogP) is 2.86. The molecule has 10 heteroatoms. The quantitative estimate of drug-likeness (QED) is 0.569. The molecule has 0 spiro atoms. The zero-order chi connectivity index (χ0) is 19.1. The zero-order valence-electron chi connectivity index (χ0n) is 14.7. The van der Waals surface area contributed by atoms with Gasteiger partial charge in [0, 0.05) is 31.0 Å². The predicted molar refractivity (Wildman–Crippen MR) is 99.6 cm³/mol. The van der Waals surface area contributed by atoms with E-state index >= 15 is 0 Å². The maximum atomic E-state index is 13.3. The van der Waals surface area contributed by atoms with Crippen molar-refractivity contribution in [3.8, 4) is 0 Å². The fourth-order valence-electron chi connectivity index (χ4n) is 3.20. The first-order chi connectivity index (χ1) is 12.3. The minimum atomic E-state index is -3.72. The van der Waals surface area contributed by atoms with Crippen LogP contribution in [0.4, 0.5) is 5.69 Å². The van der Waals surface area contributed by atoms with Crippen LogP contribution < -0.4 is 0 Å². The molecule has 1 aliphatic rings. The summed E-state index contributed by atoms with van der Waals surface area (Å²) in [5, 5.41) is 14.8. The van der Waals surface area contributed by atoms with Gasteiger partial charge in [-0.2, -0.15) is 9.40 Å². The molecule has 0 radical (unpaired) electrons. The smallest absolute Gasteiger partial charge is 0.268 e. The largest absolute Gasteiger partial charge is 0.269 e. The second-order valence-corrected chi connectivity index (χ2v) is 9.02. The molecule has 1 saturated heterocycles. The number of non-ortho nitro benzene ring substituents is 1. The Morgan fingerprint density at radius 1 is 1.31 bits per heavy atom. The summed E-state index contributed by atoms with van der Waals surface area (Å²) in [5.41, 5.74) is 1.84. The normalized spacial score (nSPS) is 18.3. The van der Waals surface area contributed by atoms with Crippen LogP contribution >= 0.6 is 11.8 Å². The van der Waals surface area contributed by atoms with E-state index in [1.54, 1.807) is 30.7 Å². The van der Waals surface area contributed by atoms with Gasteiger partial charge in [-0.3, -0.25) is 14.8 Å². The summed E-state index contributed by atoms with van der Waals surface area (Å²) in [7, 11) is -3.72. The Bertz CT molecular complexity index is 938. The third-order valence-corrected chi connectivity index (χ3v) is 7.93. The molecule has 1 fully saturated rings. The van der Waals surface area contributed by atoms with Gasteiger partial charge >= 0.3 is 0 Å². The van der Waals surface area contributed by atoms with Crippen molar-refractivity contribution in [2.75, 3.05) is 12.3 Å². The number of rotatable bonds is 5. The summed E-state index contributed by atoms with van der Waals surface area (Å²) in [4.78, 5) is 10.6. The van der Waals surface area contributed by atoms with Crippen LogP contribution in [0, 0.1) is 24.0 Å². The van der Waals surface area contributed by atoms with Crippen LogP contribution in [0.25, 0.3) is 0 Å². The van der Waals surface area contributed by atoms with E-state index in [0.717, 1.165) is 5.56 Å². The summed E-state index contributed by atoms with van der Waals surface area (Å²) in [6.45, 7) is 6.38. The molecule has 1 aromatic heterocycles. The molecule has 0 amide bonds. The fourth-order valence-corrected chi connectivity index (χ4v) is 6.82. The number of hydrogen-bond acceptors (Lipinski definition) is 6. The Hall–Kier alpha value is -1.91. The number of hydrogen-bond donors (Lipinski definition) is 0. The second-order valence-electron chi connectivity index (χ2n) is 6.00. The number of aryl methyl sites for hydroxylation is 2. The van der Waals surface area contributed by atoms with E-state index in [1.807, 2.05) is 6.92 Å². The molecule has 2 aromatic rings. The maximum absolute atomic E-state index is 13.3. The Kier molecular flexibility index (Phi) is 5.09. The van der Waals surface area contributed by atoms with E-state index < -0.39 is 20.3 Å². The third kappa shape index (κ3) is 3.12. The standard InChI is InChI=1S/C16H20N4O4S2/c1-4-18-12(3)15(11(2)17-18)26(23,24)19-9-10-25-16(19)13-5-7-14(8-6-13)20(21)22/h5-8,16H,4,9-10H2,1-3H3. The number of nitrogens with zero attached hydrogens (tertiary/aromatic N) is 4. The summed E-state index contributed by atoms with van der Waals surface area (Å²) >= 11 is 1.51. The number of nitro groups is 1. The van der Waals surface area contributed by atoms with Crippen molar-refractivity contribution < 1.29 is 13.3 Å². The molecule has 1 aromatic carbocycles. The van der Waals surface area contributed by atoms with Crippen molar-refractivity contribution in [1.82, 2.24) is 14.1 Å². The first kappa shape index (κ1) is 18.9. The fraction of sp³-hybridized carbons (Fsp3) is 0.438. The number of aromatic nitrogens is 2. The van der Waals surface area contributed by atoms with Gasteiger partial charge in [-0.1, -0.05) is 0 Å². The monoisotopic (exact) mass is 396 g/mol.